The summed E-state index contributed by atoms with van der Waals surface area (Å²) in [5, 5.41) is 5.78. The maximum absolute atomic E-state index is 12.3. The SMILES string of the molecule is COc1ccc(NC(C)C(=O)NCc2ccccc2)c(S(C)(=O)=O)c1. The molecule has 2 N–H and O–H groups in total. The first-order valence-electron chi connectivity index (χ1n) is 7.77. The highest BCUT2D eigenvalue weighted by Crippen LogP contribution is 2.26. The van der Waals surface area contributed by atoms with Crippen LogP contribution in [-0.4, -0.2) is 33.7 Å². The minimum atomic E-state index is -3.47. The van der Waals surface area contributed by atoms with Crippen LogP contribution in [0.25, 0.3) is 0 Å². The van der Waals surface area contributed by atoms with Gasteiger partial charge in [0.2, 0.25) is 5.91 Å². The zero-order valence-electron chi connectivity index (χ0n) is 14.4. The fourth-order valence-corrected chi connectivity index (χ4v) is 3.15. The summed E-state index contributed by atoms with van der Waals surface area (Å²) >= 11 is 0. The average Bonchev–Trinajstić information content (AvgIpc) is 2.59. The Bertz CT molecular complexity index is 835. The van der Waals surface area contributed by atoms with Crippen LogP contribution in [0.5, 0.6) is 5.75 Å². The molecule has 1 amide bonds. The number of sulfone groups is 1. The summed E-state index contributed by atoms with van der Waals surface area (Å²) in [7, 11) is -2.00. The highest BCUT2D eigenvalue weighted by Gasteiger charge is 2.19. The zero-order valence-corrected chi connectivity index (χ0v) is 15.3. The number of benzene rings is 2. The third kappa shape index (κ3) is 5.22. The molecule has 25 heavy (non-hydrogen) atoms. The standard InChI is InChI=1S/C18H22N2O4S/c1-13(18(21)19-12-14-7-5-4-6-8-14)20-16-10-9-15(24-2)11-17(16)25(3,22)23/h4-11,13,20H,12H2,1-3H3,(H,19,21). The topological polar surface area (TPSA) is 84.5 Å². The minimum Gasteiger partial charge on any atom is -0.497 e. The molecule has 0 aliphatic heterocycles. The van der Waals surface area contributed by atoms with E-state index < -0.39 is 15.9 Å². The van der Waals surface area contributed by atoms with E-state index >= 15 is 0 Å². The summed E-state index contributed by atoms with van der Waals surface area (Å²) in [6.45, 7) is 2.09. The molecule has 6 nitrogen and oxygen atoms in total. The van der Waals surface area contributed by atoms with Crippen LogP contribution in [0.3, 0.4) is 0 Å². The molecule has 134 valence electrons. The fourth-order valence-electron chi connectivity index (χ4n) is 2.29. The van der Waals surface area contributed by atoms with Gasteiger partial charge in [0.05, 0.1) is 17.7 Å². The number of hydrogen-bond acceptors (Lipinski definition) is 5. The van der Waals surface area contributed by atoms with Crippen molar-refractivity contribution in [3.05, 3.63) is 54.1 Å². The van der Waals surface area contributed by atoms with Crippen molar-refractivity contribution in [2.24, 2.45) is 0 Å². The lowest BCUT2D eigenvalue weighted by Crippen LogP contribution is -2.37. The summed E-state index contributed by atoms with van der Waals surface area (Å²) in [6, 6.07) is 13.6. The number of anilines is 1. The Morgan fingerprint density at radius 1 is 1.16 bits per heavy atom. The van der Waals surface area contributed by atoms with Gasteiger partial charge < -0.3 is 15.4 Å². The van der Waals surface area contributed by atoms with E-state index in [1.165, 1.54) is 13.2 Å². The molecule has 0 aliphatic carbocycles. The normalized spacial score (nSPS) is 12.3. The first-order chi connectivity index (χ1) is 11.8. The van der Waals surface area contributed by atoms with Crippen LogP contribution in [0.15, 0.2) is 53.4 Å². The minimum absolute atomic E-state index is 0.0922. The Balaban J connectivity index is 2.09. The summed E-state index contributed by atoms with van der Waals surface area (Å²) in [5.74, 6) is 0.214. The Hall–Kier alpha value is -2.54. The number of methoxy groups -OCH3 is 1. The third-order valence-corrected chi connectivity index (χ3v) is 4.80. The molecular formula is C18H22N2O4S. The smallest absolute Gasteiger partial charge is 0.242 e. The lowest BCUT2D eigenvalue weighted by Gasteiger charge is -2.18. The monoisotopic (exact) mass is 362 g/mol. The lowest BCUT2D eigenvalue weighted by atomic mass is 10.2. The molecule has 0 fully saturated rings. The van der Waals surface area contributed by atoms with Gasteiger partial charge in [0.15, 0.2) is 9.84 Å². The van der Waals surface area contributed by atoms with E-state index in [2.05, 4.69) is 10.6 Å². The van der Waals surface area contributed by atoms with E-state index in [-0.39, 0.29) is 10.8 Å². The van der Waals surface area contributed by atoms with Crippen molar-refractivity contribution in [2.75, 3.05) is 18.7 Å². The lowest BCUT2D eigenvalue weighted by molar-refractivity contribution is -0.121. The number of rotatable bonds is 7. The van der Waals surface area contributed by atoms with Gasteiger partial charge in [-0.3, -0.25) is 4.79 Å². The van der Waals surface area contributed by atoms with Crippen LogP contribution in [0.1, 0.15) is 12.5 Å². The van der Waals surface area contributed by atoms with E-state index in [0.717, 1.165) is 11.8 Å². The molecule has 1 unspecified atom stereocenters. The van der Waals surface area contributed by atoms with E-state index in [9.17, 15) is 13.2 Å². The predicted octanol–water partition coefficient (Wildman–Crippen LogP) is 2.22. The van der Waals surface area contributed by atoms with Gasteiger partial charge in [0, 0.05) is 18.9 Å². The molecule has 7 heteroatoms. The maximum Gasteiger partial charge on any atom is 0.242 e. The molecule has 0 radical (unpaired) electrons. The first kappa shape index (κ1) is 18.8. The number of carbonyl (C=O) groups excluding carboxylic acids is 1. The van der Waals surface area contributed by atoms with Crippen molar-refractivity contribution in [1.82, 2.24) is 5.32 Å². The largest absolute Gasteiger partial charge is 0.497 e. The van der Waals surface area contributed by atoms with Crippen LogP contribution >= 0.6 is 0 Å². The summed E-state index contributed by atoms with van der Waals surface area (Å²) in [6.07, 6.45) is 1.12. The molecule has 0 saturated carbocycles. The van der Waals surface area contributed by atoms with Crippen molar-refractivity contribution in [1.29, 1.82) is 0 Å². The second-order valence-electron chi connectivity index (χ2n) is 5.70. The second-order valence-corrected chi connectivity index (χ2v) is 7.69. The van der Waals surface area contributed by atoms with Crippen LogP contribution in [0.2, 0.25) is 0 Å². The van der Waals surface area contributed by atoms with E-state index in [1.807, 2.05) is 30.3 Å². The van der Waals surface area contributed by atoms with Gasteiger partial charge in [0.25, 0.3) is 0 Å². The van der Waals surface area contributed by atoms with Gasteiger partial charge in [0.1, 0.15) is 11.8 Å². The Morgan fingerprint density at radius 3 is 2.44 bits per heavy atom. The second kappa shape index (κ2) is 8.02. The molecule has 2 rings (SSSR count). The Labute approximate surface area is 148 Å². The molecule has 2 aromatic rings. The molecule has 0 heterocycles. The van der Waals surface area contributed by atoms with E-state index in [0.29, 0.717) is 18.0 Å². The quantitative estimate of drug-likeness (QED) is 0.789. The molecule has 2 aromatic carbocycles. The van der Waals surface area contributed by atoms with Crippen LogP contribution in [-0.2, 0) is 21.2 Å². The fraction of sp³-hybridized carbons (Fsp3) is 0.278. The number of nitrogens with one attached hydrogen (secondary N) is 2. The third-order valence-electron chi connectivity index (χ3n) is 3.66. The van der Waals surface area contributed by atoms with Gasteiger partial charge >= 0.3 is 0 Å². The van der Waals surface area contributed by atoms with Gasteiger partial charge in [-0.2, -0.15) is 0 Å². The molecule has 0 bridgehead atoms. The summed E-state index contributed by atoms with van der Waals surface area (Å²) in [4.78, 5) is 12.3. The van der Waals surface area contributed by atoms with Gasteiger partial charge in [-0.05, 0) is 24.6 Å². The predicted molar refractivity (Wildman–Crippen MR) is 97.5 cm³/mol. The van der Waals surface area contributed by atoms with Gasteiger partial charge in [-0.25, -0.2) is 8.42 Å². The summed E-state index contributed by atoms with van der Waals surface area (Å²) < 4.78 is 29.0. The zero-order chi connectivity index (χ0) is 18.4. The first-order valence-corrected chi connectivity index (χ1v) is 9.66. The van der Waals surface area contributed by atoms with Crippen molar-refractivity contribution in [3.63, 3.8) is 0 Å². The maximum atomic E-state index is 12.3. The van der Waals surface area contributed by atoms with Crippen LogP contribution < -0.4 is 15.4 Å². The highest BCUT2D eigenvalue weighted by atomic mass is 32.2. The van der Waals surface area contributed by atoms with Gasteiger partial charge in [-0.1, -0.05) is 30.3 Å². The van der Waals surface area contributed by atoms with Crippen LogP contribution in [0.4, 0.5) is 5.69 Å². The molecule has 1 atom stereocenters. The Kier molecular flexibility index (Phi) is 6.03. The van der Waals surface area contributed by atoms with Crippen molar-refractivity contribution in [3.8, 4) is 5.75 Å². The number of amides is 1. The number of ether oxygens (including phenoxy) is 1. The highest BCUT2D eigenvalue weighted by molar-refractivity contribution is 7.90. The van der Waals surface area contributed by atoms with Gasteiger partial charge in [-0.15, -0.1) is 0 Å². The van der Waals surface area contributed by atoms with Crippen LogP contribution in [0, 0.1) is 0 Å². The van der Waals surface area contributed by atoms with Crippen molar-refractivity contribution >= 4 is 21.4 Å². The molecule has 0 saturated heterocycles. The molecule has 0 spiro atoms. The molecule has 0 aliphatic rings. The number of hydrogen-bond donors (Lipinski definition) is 2. The van der Waals surface area contributed by atoms with E-state index in [4.69, 9.17) is 4.74 Å². The van der Waals surface area contributed by atoms with Crippen molar-refractivity contribution in [2.45, 2.75) is 24.4 Å². The average molecular weight is 362 g/mol. The molecular weight excluding hydrogens is 340 g/mol. The van der Waals surface area contributed by atoms with E-state index in [1.54, 1.807) is 19.1 Å². The number of carbonyl (C=O) groups is 1. The Morgan fingerprint density at radius 2 is 1.84 bits per heavy atom. The van der Waals surface area contributed by atoms with Crippen molar-refractivity contribution < 1.29 is 17.9 Å². The molecule has 0 aromatic heterocycles. The summed E-state index contributed by atoms with van der Waals surface area (Å²) in [5.41, 5.74) is 1.36.